The molecule has 0 rings (SSSR count). The number of hydrogen-bond acceptors (Lipinski definition) is 5. The molecule has 0 bridgehead atoms. The Labute approximate surface area is 284 Å². The average Bonchev–Trinajstić information content (AvgIpc) is 3.01. The predicted octanol–water partition coefficient (Wildman–Crippen LogP) is 9.77. The van der Waals surface area contributed by atoms with E-state index < -0.39 is 40.0 Å². The maximum absolute atomic E-state index is 12.5. The lowest BCUT2D eigenvalue weighted by Crippen LogP contribution is -2.50. The summed E-state index contributed by atoms with van der Waals surface area (Å²) in [6.45, 7) is 4.48. The number of aliphatic hydroxyl groups is 2. The zero-order valence-corrected chi connectivity index (χ0v) is 30.6. The van der Waals surface area contributed by atoms with Crippen LogP contribution in [-0.2, 0) is 14.9 Å². The van der Waals surface area contributed by atoms with Gasteiger partial charge in [-0.15, -0.1) is 0 Å². The Morgan fingerprint density at radius 3 is 1.37 bits per heavy atom. The predicted molar refractivity (Wildman–Crippen MR) is 195 cm³/mol. The van der Waals surface area contributed by atoms with E-state index >= 15 is 0 Å². The summed E-state index contributed by atoms with van der Waals surface area (Å²) < 4.78 is 32.4. The van der Waals surface area contributed by atoms with E-state index in [0.717, 1.165) is 44.9 Å². The van der Waals surface area contributed by atoms with Crippen LogP contribution < -0.4 is 5.32 Å². The van der Waals surface area contributed by atoms with Gasteiger partial charge in [-0.1, -0.05) is 167 Å². The first-order valence-corrected chi connectivity index (χ1v) is 20.8. The molecule has 0 aromatic rings. The highest BCUT2D eigenvalue weighted by molar-refractivity contribution is 7.85. The molecule has 0 aliphatic heterocycles. The van der Waals surface area contributed by atoms with Gasteiger partial charge in [0.15, 0.2) is 0 Å². The fourth-order valence-electron chi connectivity index (χ4n) is 5.74. The van der Waals surface area contributed by atoms with Gasteiger partial charge in [-0.3, -0.25) is 9.35 Å². The van der Waals surface area contributed by atoms with Crippen molar-refractivity contribution in [3.63, 3.8) is 0 Å². The summed E-state index contributed by atoms with van der Waals surface area (Å²) in [4.78, 5) is 12.5. The fraction of sp³-hybridized carbons (Fsp3) is 0.868. The summed E-state index contributed by atoms with van der Waals surface area (Å²) in [5.74, 6) is -1.54. The Morgan fingerprint density at radius 1 is 0.587 bits per heavy atom. The van der Waals surface area contributed by atoms with Crippen molar-refractivity contribution in [3.05, 3.63) is 24.3 Å². The smallest absolute Gasteiger partial charge is 0.267 e. The summed E-state index contributed by atoms with van der Waals surface area (Å²) in [5, 5.41) is 23.3. The van der Waals surface area contributed by atoms with E-state index in [0.29, 0.717) is 6.42 Å². The zero-order chi connectivity index (χ0) is 34.1. The molecule has 0 fully saturated rings. The SMILES string of the molecule is CCCCCCCCCC/C=C\CCCCCCCCC(O)C(=O)NC(CS(=O)(=O)O)C(O)/C=C/CCCCCCCCCCC. The number of amides is 1. The number of hydrogen-bond donors (Lipinski definition) is 4. The number of rotatable bonds is 34. The third-order valence-corrected chi connectivity index (χ3v) is 9.51. The van der Waals surface area contributed by atoms with Crippen molar-refractivity contribution in [1.82, 2.24) is 5.32 Å². The van der Waals surface area contributed by atoms with E-state index in [2.05, 4.69) is 31.3 Å². The van der Waals surface area contributed by atoms with Gasteiger partial charge in [0.25, 0.3) is 10.1 Å². The molecule has 1 amide bonds. The van der Waals surface area contributed by atoms with Crippen molar-refractivity contribution >= 4 is 16.0 Å². The second-order valence-electron chi connectivity index (χ2n) is 13.3. The third kappa shape index (κ3) is 31.4. The topological polar surface area (TPSA) is 124 Å². The molecule has 0 heterocycles. The van der Waals surface area contributed by atoms with Crippen LogP contribution in [0.25, 0.3) is 0 Å². The molecule has 8 heteroatoms. The standard InChI is InChI=1S/C38H73NO6S/c1-3-5-7-9-11-13-15-16-17-18-19-20-21-23-25-27-29-31-33-37(41)38(42)39-35(34-46(43,44)45)36(40)32-30-28-26-24-22-14-12-10-8-6-4-2/h18-19,30,32,35-37,40-41H,3-17,20-29,31,33-34H2,1-2H3,(H,39,42)(H,43,44,45)/b19-18-,32-30+. The Balaban J connectivity index is 4.05. The number of aliphatic hydroxyl groups excluding tert-OH is 2. The minimum atomic E-state index is -4.43. The minimum Gasteiger partial charge on any atom is -0.387 e. The van der Waals surface area contributed by atoms with Crippen molar-refractivity contribution in [2.24, 2.45) is 0 Å². The van der Waals surface area contributed by atoms with Gasteiger partial charge in [-0.25, -0.2) is 0 Å². The molecule has 0 saturated carbocycles. The third-order valence-electron chi connectivity index (χ3n) is 8.73. The fourth-order valence-corrected chi connectivity index (χ4v) is 6.48. The molecule has 272 valence electrons. The Hall–Kier alpha value is -1.22. The van der Waals surface area contributed by atoms with Gasteiger partial charge in [-0.2, -0.15) is 8.42 Å². The molecule has 0 aromatic heterocycles. The summed E-state index contributed by atoms with van der Waals surface area (Å²) in [6, 6.07) is -1.23. The van der Waals surface area contributed by atoms with Crippen molar-refractivity contribution in [2.45, 2.75) is 205 Å². The molecule has 0 aliphatic carbocycles. The molecule has 0 aliphatic rings. The molecule has 3 atom stereocenters. The van der Waals surface area contributed by atoms with Gasteiger partial charge >= 0.3 is 0 Å². The molecule has 3 unspecified atom stereocenters. The van der Waals surface area contributed by atoms with Crippen LogP contribution in [0.4, 0.5) is 0 Å². The van der Waals surface area contributed by atoms with Crippen LogP contribution in [0.3, 0.4) is 0 Å². The van der Waals surface area contributed by atoms with Crippen LogP contribution in [0.5, 0.6) is 0 Å². The van der Waals surface area contributed by atoms with Crippen LogP contribution in [0.15, 0.2) is 24.3 Å². The second kappa shape index (κ2) is 32.3. The van der Waals surface area contributed by atoms with Crippen LogP contribution >= 0.6 is 0 Å². The van der Waals surface area contributed by atoms with Gasteiger partial charge in [0.05, 0.1) is 17.9 Å². The van der Waals surface area contributed by atoms with Crippen molar-refractivity contribution in [3.8, 4) is 0 Å². The first-order chi connectivity index (χ1) is 22.2. The molecular weight excluding hydrogens is 598 g/mol. The Bertz CT molecular complexity index is 844. The second-order valence-corrected chi connectivity index (χ2v) is 14.8. The average molecular weight is 672 g/mol. The maximum atomic E-state index is 12.5. The molecular formula is C38H73NO6S. The zero-order valence-electron chi connectivity index (χ0n) is 29.8. The number of nitrogens with one attached hydrogen (secondary N) is 1. The highest BCUT2D eigenvalue weighted by atomic mass is 32.2. The van der Waals surface area contributed by atoms with Crippen molar-refractivity contribution in [1.29, 1.82) is 0 Å². The lowest BCUT2D eigenvalue weighted by Gasteiger charge is -2.22. The molecule has 0 aromatic carbocycles. The van der Waals surface area contributed by atoms with Gasteiger partial charge in [0.2, 0.25) is 5.91 Å². The summed E-state index contributed by atoms with van der Waals surface area (Å²) >= 11 is 0. The van der Waals surface area contributed by atoms with Gasteiger partial charge < -0.3 is 15.5 Å². The normalized spacial score (nSPS) is 14.3. The van der Waals surface area contributed by atoms with E-state index in [1.165, 1.54) is 122 Å². The number of carbonyl (C=O) groups is 1. The molecule has 0 saturated heterocycles. The van der Waals surface area contributed by atoms with Crippen LogP contribution in [0, 0.1) is 0 Å². The quantitative estimate of drug-likeness (QED) is 0.0307. The van der Waals surface area contributed by atoms with Crippen molar-refractivity contribution < 1.29 is 28.0 Å². The lowest BCUT2D eigenvalue weighted by atomic mass is 10.0. The van der Waals surface area contributed by atoms with Crippen molar-refractivity contribution in [2.75, 3.05) is 5.75 Å². The van der Waals surface area contributed by atoms with E-state index in [9.17, 15) is 28.0 Å². The molecule has 0 spiro atoms. The Morgan fingerprint density at radius 2 is 0.957 bits per heavy atom. The van der Waals surface area contributed by atoms with E-state index in [1.54, 1.807) is 6.08 Å². The van der Waals surface area contributed by atoms with Crippen LogP contribution in [0.2, 0.25) is 0 Å². The van der Waals surface area contributed by atoms with Gasteiger partial charge in [-0.05, 0) is 44.9 Å². The highest BCUT2D eigenvalue weighted by Gasteiger charge is 2.27. The summed E-state index contributed by atoms with van der Waals surface area (Å²) in [6.07, 6.45) is 36.6. The van der Waals surface area contributed by atoms with E-state index in [-0.39, 0.29) is 6.42 Å². The summed E-state index contributed by atoms with van der Waals surface area (Å²) in [7, 11) is -4.43. The number of unbranched alkanes of at least 4 members (excludes halogenated alkanes) is 23. The number of allylic oxidation sites excluding steroid dienone is 3. The van der Waals surface area contributed by atoms with E-state index in [4.69, 9.17) is 0 Å². The molecule has 46 heavy (non-hydrogen) atoms. The largest absolute Gasteiger partial charge is 0.387 e. The molecule has 4 N–H and O–H groups in total. The van der Waals surface area contributed by atoms with Crippen LogP contribution in [0.1, 0.15) is 187 Å². The first kappa shape index (κ1) is 44.8. The maximum Gasteiger partial charge on any atom is 0.267 e. The van der Waals surface area contributed by atoms with Gasteiger partial charge in [0.1, 0.15) is 6.10 Å². The summed E-state index contributed by atoms with van der Waals surface area (Å²) in [5.41, 5.74) is 0. The monoisotopic (exact) mass is 672 g/mol. The number of carbonyl (C=O) groups excluding carboxylic acids is 1. The molecule has 7 nitrogen and oxygen atoms in total. The minimum absolute atomic E-state index is 0.274. The molecule has 0 radical (unpaired) electrons. The van der Waals surface area contributed by atoms with E-state index in [1.807, 2.05) is 0 Å². The Kier molecular flexibility index (Phi) is 31.5. The van der Waals surface area contributed by atoms with Crippen LogP contribution in [-0.4, -0.2) is 53.1 Å². The van der Waals surface area contributed by atoms with Gasteiger partial charge in [0, 0.05) is 0 Å². The highest BCUT2D eigenvalue weighted by Crippen LogP contribution is 2.14. The first-order valence-electron chi connectivity index (χ1n) is 19.1. The lowest BCUT2D eigenvalue weighted by molar-refractivity contribution is -0.130.